The second-order valence-corrected chi connectivity index (χ2v) is 6.88. The van der Waals surface area contributed by atoms with E-state index in [1.54, 1.807) is 18.2 Å². The quantitative estimate of drug-likeness (QED) is 0.877. The van der Waals surface area contributed by atoms with Crippen LogP contribution in [0.1, 0.15) is 42.6 Å². The lowest BCUT2D eigenvalue weighted by Crippen LogP contribution is -2.55. The average molecular weight is 327 g/mol. The molecule has 1 aromatic carbocycles. The van der Waals surface area contributed by atoms with E-state index in [1.165, 1.54) is 19.3 Å². The highest BCUT2D eigenvalue weighted by Crippen LogP contribution is 2.32. The fraction of sp³-hybridized carbons (Fsp3) is 0.529. The van der Waals surface area contributed by atoms with E-state index in [0.29, 0.717) is 23.0 Å². The van der Waals surface area contributed by atoms with Gasteiger partial charge in [-0.05, 0) is 38.8 Å². The molecule has 1 aromatic heterocycles. The van der Waals surface area contributed by atoms with Gasteiger partial charge in [0, 0.05) is 23.5 Å². The molecule has 3 atom stereocenters. The molecule has 24 heavy (non-hydrogen) atoms. The Bertz CT molecular complexity index is 772. The summed E-state index contributed by atoms with van der Waals surface area (Å²) in [7, 11) is 2.19. The second-order valence-electron chi connectivity index (χ2n) is 6.88. The van der Waals surface area contributed by atoms with Crippen LogP contribution in [0.2, 0.25) is 0 Å². The van der Waals surface area contributed by atoms with Crippen molar-refractivity contribution in [3.05, 3.63) is 34.9 Å². The predicted molar refractivity (Wildman–Crippen MR) is 90.6 cm³/mol. The zero-order valence-corrected chi connectivity index (χ0v) is 13.7. The Morgan fingerprint density at radius 3 is 2.67 bits per heavy atom. The Hall–Kier alpha value is -2.28. The molecule has 7 heteroatoms. The van der Waals surface area contributed by atoms with E-state index >= 15 is 0 Å². The van der Waals surface area contributed by atoms with Gasteiger partial charge in [0.1, 0.15) is 0 Å². The van der Waals surface area contributed by atoms with Crippen LogP contribution in [-0.4, -0.2) is 45.9 Å². The third-order valence-electron chi connectivity index (χ3n) is 5.54. The number of nitrogens with one attached hydrogen (secondary N) is 1. The largest absolute Gasteiger partial charge is 0.348 e. The smallest absolute Gasteiger partial charge is 0.272 e. The Balaban J connectivity index is 1.56. The molecule has 0 spiro atoms. The first kappa shape index (κ1) is 15.3. The minimum atomic E-state index is -0.221. The van der Waals surface area contributed by atoms with Crippen molar-refractivity contribution in [1.82, 2.24) is 20.1 Å². The molecular formula is C17H21N5O2. The van der Waals surface area contributed by atoms with Crippen molar-refractivity contribution >= 4 is 16.8 Å². The first-order valence-electron chi connectivity index (χ1n) is 8.51. The summed E-state index contributed by atoms with van der Waals surface area (Å²) in [5.41, 5.74) is 0.826. The standard InChI is InChI=1S/C17H21N5O2/c1-21-12-5-4-6-13(21)10-11(9-12)18-17(23)16-14-7-2-3-8-15(14)22(19-16)20-24/h2-3,7-8,11-13H,4-6,9-10H2,1H3,(H,18,23)/t11?,12-,13+. The van der Waals surface area contributed by atoms with Crippen molar-refractivity contribution < 1.29 is 4.79 Å². The number of benzene rings is 1. The van der Waals surface area contributed by atoms with E-state index < -0.39 is 0 Å². The highest BCUT2D eigenvalue weighted by atomic mass is 16.3. The topological polar surface area (TPSA) is 79.6 Å². The lowest BCUT2D eigenvalue weighted by atomic mass is 9.82. The van der Waals surface area contributed by atoms with Crippen LogP contribution in [0.15, 0.2) is 29.6 Å². The van der Waals surface area contributed by atoms with Crippen LogP contribution in [-0.2, 0) is 0 Å². The molecule has 2 aliphatic rings. The molecule has 1 unspecified atom stereocenters. The maximum atomic E-state index is 12.7. The van der Waals surface area contributed by atoms with Crippen LogP contribution < -0.4 is 5.32 Å². The zero-order chi connectivity index (χ0) is 16.7. The van der Waals surface area contributed by atoms with Gasteiger partial charge in [0.05, 0.1) is 10.8 Å². The lowest BCUT2D eigenvalue weighted by molar-refractivity contribution is 0.0462. The Labute approximate surface area is 139 Å². The van der Waals surface area contributed by atoms with E-state index in [4.69, 9.17) is 0 Å². The highest BCUT2D eigenvalue weighted by molar-refractivity contribution is 6.04. The van der Waals surface area contributed by atoms with Crippen molar-refractivity contribution in [2.24, 2.45) is 5.29 Å². The molecule has 2 aliphatic heterocycles. The number of nitroso groups, excluding NO2 is 1. The van der Waals surface area contributed by atoms with Gasteiger partial charge in [-0.1, -0.05) is 24.6 Å². The van der Waals surface area contributed by atoms with Gasteiger partial charge in [0.25, 0.3) is 5.91 Å². The van der Waals surface area contributed by atoms with Gasteiger partial charge >= 0.3 is 0 Å². The number of hydrogen-bond acceptors (Lipinski definition) is 5. The molecule has 2 saturated heterocycles. The molecule has 4 rings (SSSR count). The summed E-state index contributed by atoms with van der Waals surface area (Å²) in [5.74, 6) is -0.221. The van der Waals surface area contributed by atoms with Gasteiger partial charge in [-0.25, -0.2) is 0 Å². The van der Waals surface area contributed by atoms with Gasteiger partial charge in [-0.3, -0.25) is 4.79 Å². The minimum Gasteiger partial charge on any atom is -0.348 e. The van der Waals surface area contributed by atoms with Crippen LogP contribution in [0.5, 0.6) is 0 Å². The molecule has 0 radical (unpaired) electrons. The normalized spacial score (nSPS) is 27.1. The predicted octanol–water partition coefficient (Wildman–Crippen LogP) is 2.31. The highest BCUT2D eigenvalue weighted by Gasteiger charge is 2.36. The van der Waals surface area contributed by atoms with Crippen LogP contribution in [0.3, 0.4) is 0 Å². The van der Waals surface area contributed by atoms with Gasteiger partial charge in [0.2, 0.25) is 0 Å². The molecule has 7 nitrogen and oxygen atoms in total. The van der Waals surface area contributed by atoms with Crippen LogP contribution in [0.25, 0.3) is 10.9 Å². The van der Waals surface area contributed by atoms with Crippen molar-refractivity contribution in [2.45, 2.75) is 50.2 Å². The number of para-hydroxylation sites is 1. The van der Waals surface area contributed by atoms with Crippen molar-refractivity contribution in [2.75, 3.05) is 7.05 Å². The number of hydrogen-bond donors (Lipinski definition) is 1. The molecule has 1 amide bonds. The maximum Gasteiger partial charge on any atom is 0.272 e. The molecule has 2 aromatic rings. The fourth-order valence-electron chi connectivity index (χ4n) is 4.27. The van der Waals surface area contributed by atoms with Gasteiger partial charge in [-0.2, -0.15) is 0 Å². The van der Waals surface area contributed by atoms with Crippen molar-refractivity contribution in [3.63, 3.8) is 0 Å². The van der Waals surface area contributed by atoms with Crippen LogP contribution in [0.4, 0.5) is 0 Å². The van der Waals surface area contributed by atoms with E-state index in [1.807, 2.05) is 6.07 Å². The van der Waals surface area contributed by atoms with E-state index in [-0.39, 0.29) is 17.6 Å². The third-order valence-corrected chi connectivity index (χ3v) is 5.54. The molecule has 126 valence electrons. The Kier molecular flexibility index (Phi) is 3.80. The number of amides is 1. The third kappa shape index (κ3) is 2.49. The number of aromatic nitrogens is 2. The Morgan fingerprint density at radius 2 is 1.96 bits per heavy atom. The lowest BCUT2D eigenvalue weighted by Gasteiger charge is -2.47. The average Bonchev–Trinajstić information content (AvgIpc) is 2.95. The molecule has 3 heterocycles. The molecule has 0 saturated carbocycles. The molecular weight excluding hydrogens is 306 g/mol. The molecule has 1 N–H and O–H groups in total. The van der Waals surface area contributed by atoms with Gasteiger partial charge in [0.15, 0.2) is 5.69 Å². The van der Waals surface area contributed by atoms with Crippen LogP contribution >= 0.6 is 0 Å². The van der Waals surface area contributed by atoms with Crippen molar-refractivity contribution in [1.29, 1.82) is 0 Å². The summed E-state index contributed by atoms with van der Waals surface area (Å²) >= 11 is 0. The van der Waals surface area contributed by atoms with Crippen molar-refractivity contribution in [3.8, 4) is 0 Å². The Morgan fingerprint density at radius 1 is 1.25 bits per heavy atom. The molecule has 2 fully saturated rings. The van der Waals surface area contributed by atoms with E-state index in [0.717, 1.165) is 17.6 Å². The zero-order valence-electron chi connectivity index (χ0n) is 13.7. The molecule has 2 bridgehead atoms. The van der Waals surface area contributed by atoms with Gasteiger partial charge < -0.3 is 10.2 Å². The summed E-state index contributed by atoms with van der Waals surface area (Å²) in [6.07, 6.45) is 5.63. The number of fused-ring (bicyclic) bond motifs is 3. The number of piperidine rings is 2. The first-order valence-corrected chi connectivity index (χ1v) is 8.51. The number of carbonyl (C=O) groups is 1. The van der Waals surface area contributed by atoms with Crippen LogP contribution in [0, 0.1) is 4.91 Å². The summed E-state index contributed by atoms with van der Waals surface area (Å²) in [6, 6.07) is 8.42. The number of nitrogens with zero attached hydrogens (tertiary/aromatic N) is 4. The first-order chi connectivity index (χ1) is 11.7. The number of rotatable bonds is 3. The molecule has 0 aliphatic carbocycles. The van der Waals surface area contributed by atoms with E-state index in [2.05, 4.69) is 27.6 Å². The summed E-state index contributed by atoms with van der Waals surface area (Å²) in [5, 5.41) is 10.7. The minimum absolute atomic E-state index is 0.164. The van der Waals surface area contributed by atoms with E-state index in [9.17, 15) is 9.70 Å². The summed E-state index contributed by atoms with van der Waals surface area (Å²) in [6.45, 7) is 0. The van der Waals surface area contributed by atoms with Gasteiger partial charge in [-0.15, -0.1) is 14.8 Å². The fourth-order valence-corrected chi connectivity index (χ4v) is 4.27. The monoisotopic (exact) mass is 327 g/mol. The summed E-state index contributed by atoms with van der Waals surface area (Å²) in [4.78, 5) is 27.1. The SMILES string of the molecule is CN1[C@@H]2CCC[C@H]1CC(NC(=O)c1nn(N=O)c3ccccc13)C2. The number of carbonyl (C=O) groups excluding carboxylic acids is 1. The second kappa shape index (κ2) is 5.98. The summed E-state index contributed by atoms with van der Waals surface area (Å²) < 4.78 is 0. The maximum absolute atomic E-state index is 12.7.